The highest BCUT2D eigenvalue weighted by atomic mass is 33.1. The van der Waals surface area contributed by atoms with Crippen LogP contribution in [0.2, 0.25) is 0 Å². The van der Waals surface area contributed by atoms with E-state index in [9.17, 15) is 0 Å². The van der Waals surface area contributed by atoms with Crippen molar-refractivity contribution in [2.75, 3.05) is 12.0 Å². The summed E-state index contributed by atoms with van der Waals surface area (Å²) in [6, 6.07) is 0. The van der Waals surface area contributed by atoms with E-state index in [2.05, 4.69) is 0 Å². The number of rotatable bonds is 4. The molecule has 0 spiro atoms. The maximum Gasteiger partial charge on any atom is 0.0636 e. The second kappa shape index (κ2) is 5.79. The molecule has 0 heterocycles. The molecule has 50 valence electrons. The molecule has 1 atom stereocenters. The summed E-state index contributed by atoms with van der Waals surface area (Å²) in [5, 5.41) is 8.95. The van der Waals surface area contributed by atoms with Gasteiger partial charge in [0.15, 0.2) is 0 Å². The molecule has 1 nitrogen and oxygen atoms in total. The first-order valence-electron chi connectivity index (χ1n) is 2.65. The molecule has 0 aromatic rings. The van der Waals surface area contributed by atoms with Crippen LogP contribution in [-0.2, 0) is 0 Å². The second-order valence-electron chi connectivity index (χ2n) is 1.51. The van der Waals surface area contributed by atoms with Crippen molar-refractivity contribution in [3.8, 4) is 0 Å². The predicted octanol–water partition coefficient (Wildman–Crippen LogP) is 1.77. The molecule has 0 aromatic carbocycles. The van der Waals surface area contributed by atoms with Gasteiger partial charge in [-0.25, -0.2) is 0 Å². The van der Waals surface area contributed by atoms with Gasteiger partial charge in [0.05, 0.1) is 6.10 Å². The zero-order chi connectivity index (χ0) is 6.41. The van der Waals surface area contributed by atoms with E-state index in [0.717, 1.165) is 12.2 Å². The first-order chi connectivity index (χ1) is 3.81. The van der Waals surface area contributed by atoms with Crippen LogP contribution in [0.25, 0.3) is 0 Å². The van der Waals surface area contributed by atoms with Gasteiger partial charge < -0.3 is 5.11 Å². The molecule has 3 heteroatoms. The van der Waals surface area contributed by atoms with Crippen LogP contribution in [-0.4, -0.2) is 23.2 Å². The molecule has 0 bridgehead atoms. The maximum atomic E-state index is 8.95. The van der Waals surface area contributed by atoms with Gasteiger partial charge in [-0.1, -0.05) is 28.5 Å². The molecule has 0 aliphatic rings. The van der Waals surface area contributed by atoms with Gasteiger partial charge in [0, 0.05) is 5.75 Å². The lowest BCUT2D eigenvalue weighted by Crippen LogP contribution is -2.05. The van der Waals surface area contributed by atoms with Crippen LogP contribution in [0.3, 0.4) is 0 Å². The molecule has 0 fully saturated rings. The van der Waals surface area contributed by atoms with E-state index in [1.807, 2.05) is 13.2 Å². The quantitative estimate of drug-likeness (QED) is 0.620. The average Bonchev–Trinajstić information content (AvgIpc) is 1.83. The van der Waals surface area contributed by atoms with Crippen LogP contribution in [0.5, 0.6) is 0 Å². The molecular weight excluding hydrogens is 140 g/mol. The van der Waals surface area contributed by atoms with Gasteiger partial charge in [-0.05, 0) is 12.7 Å². The summed E-state index contributed by atoms with van der Waals surface area (Å²) >= 11 is 0. The first-order valence-corrected chi connectivity index (χ1v) is 5.37. The van der Waals surface area contributed by atoms with Crippen LogP contribution in [0.1, 0.15) is 13.3 Å². The predicted molar refractivity (Wildman–Crippen MR) is 42.3 cm³/mol. The van der Waals surface area contributed by atoms with Gasteiger partial charge >= 0.3 is 0 Å². The van der Waals surface area contributed by atoms with E-state index in [4.69, 9.17) is 5.11 Å². The van der Waals surface area contributed by atoms with E-state index in [1.54, 1.807) is 21.6 Å². The Morgan fingerprint density at radius 3 is 2.62 bits per heavy atom. The van der Waals surface area contributed by atoms with Crippen molar-refractivity contribution in [3.05, 3.63) is 0 Å². The summed E-state index contributed by atoms with van der Waals surface area (Å²) < 4.78 is 0. The highest BCUT2D eigenvalue weighted by molar-refractivity contribution is 8.76. The van der Waals surface area contributed by atoms with Crippen molar-refractivity contribution in [2.45, 2.75) is 19.4 Å². The zero-order valence-corrected chi connectivity index (χ0v) is 6.89. The molecule has 0 amide bonds. The Labute approximate surface area is 58.6 Å². The maximum absolute atomic E-state index is 8.95. The SMILES string of the molecule is CCC(O)CSSC. The topological polar surface area (TPSA) is 20.2 Å². The second-order valence-corrected chi connectivity index (χ2v) is 4.12. The lowest BCUT2D eigenvalue weighted by Gasteiger charge is -2.02. The molecule has 0 aromatic heterocycles. The van der Waals surface area contributed by atoms with Gasteiger partial charge in [-0.15, -0.1) is 0 Å². The van der Waals surface area contributed by atoms with Gasteiger partial charge in [0.25, 0.3) is 0 Å². The molecule has 0 radical (unpaired) electrons. The van der Waals surface area contributed by atoms with Crippen molar-refractivity contribution in [1.82, 2.24) is 0 Å². The Morgan fingerprint density at radius 2 is 2.25 bits per heavy atom. The molecule has 0 aliphatic heterocycles. The summed E-state index contributed by atoms with van der Waals surface area (Å²) in [7, 11) is 3.41. The van der Waals surface area contributed by atoms with E-state index >= 15 is 0 Å². The van der Waals surface area contributed by atoms with Crippen LogP contribution >= 0.6 is 21.6 Å². The molecule has 0 saturated heterocycles. The summed E-state index contributed by atoms with van der Waals surface area (Å²) in [5.74, 6) is 0.859. The number of aliphatic hydroxyl groups excluding tert-OH is 1. The minimum atomic E-state index is -0.104. The van der Waals surface area contributed by atoms with Crippen molar-refractivity contribution in [1.29, 1.82) is 0 Å². The summed E-state index contributed by atoms with van der Waals surface area (Å²) in [4.78, 5) is 0. The Bertz CT molecular complexity index is 49.7. The van der Waals surface area contributed by atoms with E-state index in [-0.39, 0.29) is 6.10 Å². The van der Waals surface area contributed by atoms with Gasteiger partial charge in [0.1, 0.15) is 0 Å². The molecule has 1 unspecified atom stereocenters. The minimum Gasteiger partial charge on any atom is -0.392 e. The Morgan fingerprint density at radius 1 is 1.62 bits per heavy atom. The third-order valence-electron chi connectivity index (χ3n) is 0.850. The highest BCUT2D eigenvalue weighted by Gasteiger charge is 1.97. The van der Waals surface area contributed by atoms with Gasteiger partial charge in [0.2, 0.25) is 0 Å². The van der Waals surface area contributed by atoms with E-state index in [1.165, 1.54) is 0 Å². The normalized spacial score (nSPS) is 13.9. The molecule has 0 rings (SSSR count). The Balaban J connectivity index is 2.86. The van der Waals surface area contributed by atoms with Crippen molar-refractivity contribution in [3.63, 3.8) is 0 Å². The van der Waals surface area contributed by atoms with Crippen molar-refractivity contribution < 1.29 is 5.11 Å². The molecule has 0 saturated carbocycles. The van der Waals surface area contributed by atoms with Gasteiger partial charge in [-0.2, -0.15) is 0 Å². The summed E-state index contributed by atoms with van der Waals surface area (Å²) in [5.41, 5.74) is 0. The third-order valence-corrected chi connectivity index (χ3v) is 2.72. The number of aliphatic hydroxyl groups is 1. The monoisotopic (exact) mass is 152 g/mol. The van der Waals surface area contributed by atoms with Gasteiger partial charge in [-0.3, -0.25) is 0 Å². The fraction of sp³-hybridized carbons (Fsp3) is 1.00. The van der Waals surface area contributed by atoms with E-state index in [0.29, 0.717) is 0 Å². The smallest absolute Gasteiger partial charge is 0.0636 e. The first kappa shape index (κ1) is 8.66. The largest absolute Gasteiger partial charge is 0.392 e. The number of hydrogen-bond acceptors (Lipinski definition) is 3. The molecule has 8 heavy (non-hydrogen) atoms. The highest BCUT2D eigenvalue weighted by Crippen LogP contribution is 2.18. The van der Waals surface area contributed by atoms with Crippen LogP contribution < -0.4 is 0 Å². The number of hydrogen-bond donors (Lipinski definition) is 1. The zero-order valence-electron chi connectivity index (χ0n) is 5.26. The lowest BCUT2D eigenvalue weighted by molar-refractivity contribution is 0.195. The minimum absolute atomic E-state index is 0.104. The Kier molecular flexibility index (Phi) is 6.27. The summed E-state index contributed by atoms with van der Waals surface area (Å²) in [6.45, 7) is 1.99. The third kappa shape index (κ3) is 4.81. The lowest BCUT2D eigenvalue weighted by atomic mass is 10.3. The van der Waals surface area contributed by atoms with E-state index < -0.39 is 0 Å². The van der Waals surface area contributed by atoms with Crippen LogP contribution in [0.4, 0.5) is 0 Å². The summed E-state index contributed by atoms with van der Waals surface area (Å²) in [6.07, 6.45) is 2.79. The molecule has 0 aliphatic carbocycles. The average molecular weight is 152 g/mol. The fourth-order valence-electron chi connectivity index (χ4n) is 0.264. The Hall–Kier alpha value is 0.660. The standard InChI is InChI=1S/C5H12OS2/c1-3-5(6)4-8-7-2/h5-6H,3-4H2,1-2H3. The molecular formula is C5H12OS2. The van der Waals surface area contributed by atoms with Crippen molar-refractivity contribution in [2.24, 2.45) is 0 Å². The fourth-order valence-corrected chi connectivity index (χ4v) is 1.67. The van der Waals surface area contributed by atoms with Crippen molar-refractivity contribution >= 4 is 21.6 Å². The molecule has 1 N–H and O–H groups in total. The van der Waals surface area contributed by atoms with Crippen LogP contribution in [0.15, 0.2) is 0 Å². The van der Waals surface area contributed by atoms with Crippen LogP contribution in [0, 0.1) is 0 Å².